The van der Waals surface area contributed by atoms with Crippen LogP contribution in [0, 0.1) is 6.92 Å². The number of ether oxygens (including phenoxy) is 1. The van der Waals surface area contributed by atoms with Crippen LogP contribution < -0.4 is 10.1 Å². The van der Waals surface area contributed by atoms with Crippen LogP contribution in [0.2, 0.25) is 0 Å². The minimum absolute atomic E-state index is 0.332. The van der Waals surface area contributed by atoms with Crippen LogP contribution in [0.5, 0.6) is 5.75 Å². The molecule has 118 valence electrons. The molecule has 0 aromatic heterocycles. The number of likely N-dealkylation sites (N-methyl/N-ethyl adjacent to an activating group) is 1. The van der Waals surface area contributed by atoms with Crippen molar-refractivity contribution in [3.8, 4) is 5.75 Å². The predicted molar refractivity (Wildman–Crippen MR) is 85.8 cm³/mol. The van der Waals surface area contributed by atoms with Crippen molar-refractivity contribution in [1.82, 2.24) is 10.2 Å². The molecule has 1 aliphatic rings. The average Bonchev–Trinajstić information content (AvgIpc) is 2.93. The quantitative estimate of drug-likeness (QED) is 0.767. The number of aliphatic hydroxyl groups excluding tert-OH is 1. The van der Waals surface area contributed by atoms with E-state index in [9.17, 15) is 5.11 Å². The molecule has 1 heterocycles. The van der Waals surface area contributed by atoms with Crippen LogP contribution in [-0.4, -0.2) is 54.9 Å². The van der Waals surface area contributed by atoms with Gasteiger partial charge in [0.25, 0.3) is 0 Å². The highest BCUT2D eigenvalue weighted by molar-refractivity contribution is 5.27. The van der Waals surface area contributed by atoms with Crippen molar-refractivity contribution >= 4 is 0 Å². The number of hydrogen-bond acceptors (Lipinski definition) is 4. The van der Waals surface area contributed by atoms with Gasteiger partial charge in [0.1, 0.15) is 18.5 Å². The Balaban J connectivity index is 1.62. The molecule has 1 fully saturated rings. The van der Waals surface area contributed by atoms with Crippen molar-refractivity contribution in [2.75, 3.05) is 32.8 Å². The number of rotatable bonds is 8. The number of aryl methyl sites for hydroxylation is 1. The van der Waals surface area contributed by atoms with Gasteiger partial charge in [-0.3, -0.25) is 4.90 Å². The third-order valence-electron chi connectivity index (χ3n) is 4.10. The summed E-state index contributed by atoms with van der Waals surface area (Å²) in [5, 5.41) is 13.3. The largest absolute Gasteiger partial charge is 0.491 e. The Labute approximate surface area is 128 Å². The fraction of sp³-hybridized carbons (Fsp3) is 0.647. The molecule has 1 aromatic rings. The standard InChI is InChI=1S/C17H28N2O2/c1-3-19-9-5-7-15(19)11-18-12-16(20)13-21-17-8-4-6-14(2)10-17/h4,6,8,10,15-16,18,20H,3,5,7,9,11-13H2,1-2H3/t15-,16-/m1/s1. The summed E-state index contributed by atoms with van der Waals surface area (Å²) in [5.41, 5.74) is 1.17. The van der Waals surface area contributed by atoms with Crippen LogP contribution in [0.4, 0.5) is 0 Å². The minimum Gasteiger partial charge on any atom is -0.491 e. The molecule has 0 radical (unpaired) electrons. The maximum absolute atomic E-state index is 9.98. The lowest BCUT2D eigenvalue weighted by Crippen LogP contribution is -2.41. The molecule has 0 saturated carbocycles. The molecule has 2 rings (SSSR count). The second-order valence-electron chi connectivity index (χ2n) is 5.86. The number of nitrogens with zero attached hydrogens (tertiary/aromatic N) is 1. The van der Waals surface area contributed by atoms with Crippen molar-refractivity contribution < 1.29 is 9.84 Å². The summed E-state index contributed by atoms with van der Waals surface area (Å²) >= 11 is 0. The normalized spacial score (nSPS) is 20.6. The van der Waals surface area contributed by atoms with E-state index in [4.69, 9.17) is 4.74 Å². The van der Waals surface area contributed by atoms with E-state index in [0.29, 0.717) is 19.2 Å². The Morgan fingerprint density at radius 1 is 1.48 bits per heavy atom. The molecule has 2 atom stereocenters. The molecule has 0 aliphatic carbocycles. The highest BCUT2D eigenvalue weighted by Gasteiger charge is 2.22. The van der Waals surface area contributed by atoms with E-state index in [1.165, 1.54) is 24.9 Å². The van der Waals surface area contributed by atoms with E-state index in [0.717, 1.165) is 18.8 Å². The molecule has 1 aliphatic heterocycles. The Bertz CT molecular complexity index is 425. The second kappa shape index (κ2) is 8.37. The van der Waals surface area contributed by atoms with Crippen LogP contribution >= 0.6 is 0 Å². The van der Waals surface area contributed by atoms with Crippen molar-refractivity contribution in [3.05, 3.63) is 29.8 Å². The number of likely N-dealkylation sites (tertiary alicyclic amines) is 1. The smallest absolute Gasteiger partial charge is 0.119 e. The maximum Gasteiger partial charge on any atom is 0.119 e. The molecule has 1 aromatic carbocycles. The topological polar surface area (TPSA) is 44.7 Å². The summed E-state index contributed by atoms with van der Waals surface area (Å²) in [6, 6.07) is 8.53. The lowest BCUT2D eigenvalue weighted by atomic mass is 10.2. The number of hydrogen-bond donors (Lipinski definition) is 2. The molecule has 0 bridgehead atoms. The summed E-state index contributed by atoms with van der Waals surface area (Å²) in [7, 11) is 0. The van der Waals surface area contributed by atoms with Gasteiger partial charge in [0, 0.05) is 19.1 Å². The summed E-state index contributed by atoms with van der Waals surface area (Å²) in [6.07, 6.45) is 2.08. The molecule has 21 heavy (non-hydrogen) atoms. The second-order valence-corrected chi connectivity index (χ2v) is 5.86. The van der Waals surface area contributed by atoms with Crippen molar-refractivity contribution in [2.45, 2.75) is 38.8 Å². The Morgan fingerprint density at radius 2 is 2.33 bits per heavy atom. The maximum atomic E-state index is 9.98. The lowest BCUT2D eigenvalue weighted by Gasteiger charge is -2.23. The summed E-state index contributed by atoms with van der Waals surface area (Å²) in [6.45, 7) is 8.44. The molecule has 0 spiro atoms. The number of nitrogens with one attached hydrogen (secondary N) is 1. The Morgan fingerprint density at radius 3 is 3.10 bits per heavy atom. The van der Waals surface area contributed by atoms with Crippen molar-refractivity contribution in [3.63, 3.8) is 0 Å². The van der Waals surface area contributed by atoms with Crippen LogP contribution in [-0.2, 0) is 0 Å². The fourth-order valence-corrected chi connectivity index (χ4v) is 2.92. The van der Waals surface area contributed by atoms with Crippen LogP contribution in [0.1, 0.15) is 25.3 Å². The van der Waals surface area contributed by atoms with Gasteiger partial charge in [0.2, 0.25) is 0 Å². The third-order valence-corrected chi connectivity index (χ3v) is 4.10. The SMILES string of the molecule is CCN1CCC[C@@H]1CNC[C@@H](O)COc1cccc(C)c1. The van der Waals surface area contributed by atoms with Crippen LogP contribution in [0.3, 0.4) is 0 Å². The minimum atomic E-state index is -0.470. The average molecular weight is 292 g/mol. The first-order valence-corrected chi connectivity index (χ1v) is 8.01. The zero-order chi connectivity index (χ0) is 15.1. The highest BCUT2D eigenvalue weighted by Crippen LogP contribution is 2.15. The van der Waals surface area contributed by atoms with Gasteiger partial charge in [0.15, 0.2) is 0 Å². The molecular weight excluding hydrogens is 264 g/mol. The first kappa shape index (κ1) is 16.3. The Hall–Kier alpha value is -1.10. The fourth-order valence-electron chi connectivity index (χ4n) is 2.92. The lowest BCUT2D eigenvalue weighted by molar-refractivity contribution is 0.104. The first-order valence-electron chi connectivity index (χ1n) is 8.01. The summed E-state index contributed by atoms with van der Waals surface area (Å²) in [5.74, 6) is 0.821. The number of aliphatic hydroxyl groups is 1. The molecule has 0 amide bonds. The molecule has 2 N–H and O–H groups in total. The van der Waals surface area contributed by atoms with E-state index in [2.05, 4.69) is 17.1 Å². The van der Waals surface area contributed by atoms with Gasteiger partial charge in [-0.25, -0.2) is 0 Å². The monoisotopic (exact) mass is 292 g/mol. The molecule has 1 saturated heterocycles. The van der Waals surface area contributed by atoms with E-state index in [1.54, 1.807) is 0 Å². The molecule has 4 heteroatoms. The van der Waals surface area contributed by atoms with Crippen LogP contribution in [0.25, 0.3) is 0 Å². The van der Waals surface area contributed by atoms with Gasteiger partial charge in [-0.15, -0.1) is 0 Å². The van der Waals surface area contributed by atoms with Crippen molar-refractivity contribution in [1.29, 1.82) is 0 Å². The van der Waals surface area contributed by atoms with Gasteiger partial charge < -0.3 is 15.2 Å². The van der Waals surface area contributed by atoms with Gasteiger partial charge in [-0.2, -0.15) is 0 Å². The van der Waals surface area contributed by atoms with E-state index >= 15 is 0 Å². The zero-order valence-corrected chi connectivity index (χ0v) is 13.2. The first-order chi connectivity index (χ1) is 10.2. The van der Waals surface area contributed by atoms with Crippen LogP contribution in [0.15, 0.2) is 24.3 Å². The van der Waals surface area contributed by atoms with Gasteiger partial charge in [-0.05, 0) is 50.6 Å². The number of benzene rings is 1. The van der Waals surface area contributed by atoms with Gasteiger partial charge >= 0.3 is 0 Å². The van der Waals surface area contributed by atoms with E-state index in [-0.39, 0.29) is 0 Å². The predicted octanol–water partition coefficient (Wildman–Crippen LogP) is 1.81. The summed E-state index contributed by atoms with van der Waals surface area (Å²) in [4.78, 5) is 2.50. The van der Waals surface area contributed by atoms with Gasteiger partial charge in [0.05, 0.1) is 0 Å². The summed E-state index contributed by atoms with van der Waals surface area (Å²) < 4.78 is 5.61. The van der Waals surface area contributed by atoms with E-state index < -0.39 is 6.10 Å². The Kier molecular flexibility index (Phi) is 6.49. The molecule has 4 nitrogen and oxygen atoms in total. The molecule has 0 unspecified atom stereocenters. The molecular formula is C17H28N2O2. The third kappa shape index (κ3) is 5.30. The van der Waals surface area contributed by atoms with Gasteiger partial charge in [-0.1, -0.05) is 19.1 Å². The highest BCUT2D eigenvalue weighted by atomic mass is 16.5. The zero-order valence-electron chi connectivity index (χ0n) is 13.2. The van der Waals surface area contributed by atoms with Crippen molar-refractivity contribution in [2.24, 2.45) is 0 Å². The van der Waals surface area contributed by atoms with E-state index in [1.807, 2.05) is 31.2 Å².